The normalized spacial score (nSPS) is 11.0. The molecular formula is C10H10ClNO4S. The van der Waals surface area contributed by atoms with Crippen molar-refractivity contribution in [1.82, 2.24) is 0 Å². The van der Waals surface area contributed by atoms with E-state index in [0.717, 1.165) is 4.90 Å². The van der Waals surface area contributed by atoms with Crippen molar-refractivity contribution in [3.63, 3.8) is 0 Å². The van der Waals surface area contributed by atoms with E-state index in [1.165, 1.54) is 38.1 Å². The first-order valence-corrected chi connectivity index (χ1v) is 6.90. The van der Waals surface area contributed by atoms with E-state index >= 15 is 0 Å². The van der Waals surface area contributed by atoms with Gasteiger partial charge < -0.3 is 0 Å². The molecule has 1 aromatic carbocycles. The van der Waals surface area contributed by atoms with Crippen LogP contribution in [0.25, 0.3) is 0 Å². The minimum atomic E-state index is -3.80. The number of imide groups is 1. The van der Waals surface area contributed by atoms with Crippen LogP contribution in [0, 0.1) is 0 Å². The molecule has 1 rings (SSSR count). The maximum Gasteiger partial charge on any atom is 0.261 e. The number of rotatable bonds is 2. The molecule has 0 N–H and O–H groups in total. The third kappa shape index (κ3) is 3.28. The van der Waals surface area contributed by atoms with E-state index in [0.29, 0.717) is 5.69 Å². The number of benzene rings is 1. The number of hydrogen-bond acceptors (Lipinski definition) is 4. The highest BCUT2D eigenvalue weighted by molar-refractivity contribution is 8.13. The predicted octanol–water partition coefficient (Wildman–Crippen LogP) is 1.51. The van der Waals surface area contributed by atoms with Gasteiger partial charge >= 0.3 is 0 Å². The van der Waals surface area contributed by atoms with E-state index in [1.54, 1.807) is 0 Å². The van der Waals surface area contributed by atoms with Crippen LogP contribution in [0.1, 0.15) is 13.8 Å². The number of carbonyl (C=O) groups excluding carboxylic acids is 2. The molecule has 92 valence electrons. The lowest BCUT2D eigenvalue weighted by Crippen LogP contribution is -2.32. The van der Waals surface area contributed by atoms with Gasteiger partial charge in [-0.1, -0.05) is 0 Å². The van der Waals surface area contributed by atoms with Crippen LogP contribution in [-0.4, -0.2) is 20.2 Å². The average Bonchev–Trinajstić information content (AvgIpc) is 2.15. The molecule has 0 bridgehead atoms. The van der Waals surface area contributed by atoms with Crippen molar-refractivity contribution in [2.45, 2.75) is 18.7 Å². The van der Waals surface area contributed by atoms with Crippen molar-refractivity contribution in [3.8, 4) is 0 Å². The van der Waals surface area contributed by atoms with Gasteiger partial charge in [-0.05, 0) is 24.3 Å². The largest absolute Gasteiger partial charge is 0.274 e. The van der Waals surface area contributed by atoms with E-state index < -0.39 is 20.9 Å². The summed E-state index contributed by atoms with van der Waals surface area (Å²) in [5, 5.41) is 0. The highest BCUT2D eigenvalue weighted by Gasteiger charge is 2.17. The molecule has 0 fully saturated rings. The molecular weight excluding hydrogens is 266 g/mol. The quantitative estimate of drug-likeness (QED) is 0.767. The Balaban J connectivity index is 3.18. The van der Waals surface area contributed by atoms with E-state index in [2.05, 4.69) is 0 Å². The van der Waals surface area contributed by atoms with E-state index in [9.17, 15) is 18.0 Å². The first-order chi connectivity index (χ1) is 7.73. The minimum Gasteiger partial charge on any atom is -0.274 e. The predicted molar refractivity (Wildman–Crippen MR) is 63.3 cm³/mol. The Bertz CT molecular complexity index is 536. The summed E-state index contributed by atoms with van der Waals surface area (Å²) in [6.45, 7) is 2.49. The van der Waals surface area contributed by atoms with Crippen LogP contribution in [-0.2, 0) is 18.6 Å². The Kier molecular flexibility index (Phi) is 3.90. The summed E-state index contributed by atoms with van der Waals surface area (Å²) in [5.74, 6) is -0.891. The van der Waals surface area contributed by atoms with E-state index in [1.807, 2.05) is 0 Å². The summed E-state index contributed by atoms with van der Waals surface area (Å²) >= 11 is 0. The molecule has 0 aliphatic rings. The Morgan fingerprint density at radius 3 is 1.76 bits per heavy atom. The first-order valence-electron chi connectivity index (χ1n) is 4.59. The zero-order chi connectivity index (χ0) is 13.2. The molecule has 0 saturated carbocycles. The van der Waals surface area contributed by atoms with Crippen molar-refractivity contribution >= 4 is 37.2 Å². The molecule has 0 heterocycles. The fourth-order valence-electron chi connectivity index (χ4n) is 1.34. The van der Waals surface area contributed by atoms with Gasteiger partial charge in [0.2, 0.25) is 11.8 Å². The highest BCUT2D eigenvalue weighted by atomic mass is 35.7. The van der Waals surface area contributed by atoms with Crippen molar-refractivity contribution in [2.24, 2.45) is 0 Å². The van der Waals surface area contributed by atoms with Crippen LogP contribution >= 0.6 is 10.7 Å². The van der Waals surface area contributed by atoms with Crippen LogP contribution in [0.4, 0.5) is 5.69 Å². The molecule has 17 heavy (non-hydrogen) atoms. The number of carbonyl (C=O) groups is 2. The molecule has 0 aliphatic heterocycles. The monoisotopic (exact) mass is 275 g/mol. The van der Waals surface area contributed by atoms with E-state index in [4.69, 9.17) is 10.7 Å². The molecule has 0 spiro atoms. The molecule has 0 unspecified atom stereocenters. The van der Waals surface area contributed by atoms with Crippen LogP contribution in [0.5, 0.6) is 0 Å². The fourth-order valence-corrected chi connectivity index (χ4v) is 2.11. The first kappa shape index (κ1) is 13.7. The lowest BCUT2D eigenvalue weighted by atomic mass is 10.3. The topological polar surface area (TPSA) is 71.5 Å². The molecule has 7 heteroatoms. The summed E-state index contributed by atoms with van der Waals surface area (Å²) in [6.07, 6.45) is 0. The third-order valence-electron chi connectivity index (χ3n) is 2.01. The van der Waals surface area contributed by atoms with Gasteiger partial charge in [-0.25, -0.2) is 8.42 Å². The number of nitrogens with zero attached hydrogens (tertiary/aromatic N) is 1. The summed E-state index contributed by atoms with van der Waals surface area (Å²) in [4.78, 5) is 23.3. The van der Waals surface area contributed by atoms with Gasteiger partial charge in [-0.15, -0.1) is 0 Å². The second-order valence-corrected chi connectivity index (χ2v) is 5.87. The van der Waals surface area contributed by atoms with Crippen LogP contribution in [0.2, 0.25) is 0 Å². The zero-order valence-electron chi connectivity index (χ0n) is 9.18. The number of anilines is 1. The SMILES string of the molecule is CC(=O)N(C(C)=O)c1ccc(S(=O)(=O)Cl)cc1. The number of amides is 2. The lowest BCUT2D eigenvalue weighted by Gasteiger charge is -2.16. The third-order valence-corrected chi connectivity index (χ3v) is 3.38. The van der Waals surface area contributed by atoms with Gasteiger partial charge in [0.1, 0.15) is 0 Å². The van der Waals surface area contributed by atoms with Gasteiger partial charge in [0.05, 0.1) is 10.6 Å². The molecule has 0 radical (unpaired) electrons. The van der Waals surface area contributed by atoms with Crippen molar-refractivity contribution in [2.75, 3.05) is 4.90 Å². The van der Waals surface area contributed by atoms with Gasteiger partial charge in [-0.2, -0.15) is 0 Å². The van der Waals surface area contributed by atoms with Crippen LogP contribution in [0.15, 0.2) is 29.2 Å². The summed E-state index contributed by atoms with van der Waals surface area (Å²) < 4.78 is 22.0. The Morgan fingerprint density at radius 2 is 1.47 bits per heavy atom. The van der Waals surface area contributed by atoms with Gasteiger partial charge in [0, 0.05) is 24.5 Å². The lowest BCUT2D eigenvalue weighted by molar-refractivity contribution is -0.124. The molecule has 0 aliphatic carbocycles. The summed E-state index contributed by atoms with van der Waals surface area (Å²) in [5.41, 5.74) is 0.300. The minimum absolute atomic E-state index is 0.0880. The molecule has 2 amide bonds. The zero-order valence-corrected chi connectivity index (χ0v) is 10.7. The smallest absolute Gasteiger partial charge is 0.261 e. The fraction of sp³-hybridized carbons (Fsp3) is 0.200. The Hall–Kier alpha value is -1.40. The second-order valence-electron chi connectivity index (χ2n) is 3.31. The number of halogens is 1. The molecule has 5 nitrogen and oxygen atoms in total. The van der Waals surface area contributed by atoms with Crippen LogP contribution in [0.3, 0.4) is 0 Å². The maximum atomic E-state index is 11.2. The highest BCUT2D eigenvalue weighted by Crippen LogP contribution is 2.20. The molecule has 0 aromatic heterocycles. The second kappa shape index (κ2) is 4.85. The molecule has 1 aromatic rings. The van der Waals surface area contributed by atoms with Crippen molar-refractivity contribution in [3.05, 3.63) is 24.3 Å². The maximum absolute atomic E-state index is 11.2. The molecule has 0 atom stereocenters. The van der Waals surface area contributed by atoms with Gasteiger partial charge in [-0.3, -0.25) is 14.5 Å². The standard InChI is InChI=1S/C10H10ClNO4S/c1-7(13)12(8(2)14)9-3-5-10(6-4-9)17(11,15)16/h3-6H,1-2H3. The van der Waals surface area contributed by atoms with Crippen molar-refractivity contribution in [1.29, 1.82) is 0 Å². The molecule has 0 saturated heterocycles. The van der Waals surface area contributed by atoms with Gasteiger partial charge in [0.15, 0.2) is 0 Å². The van der Waals surface area contributed by atoms with Crippen LogP contribution < -0.4 is 4.90 Å². The average molecular weight is 276 g/mol. The summed E-state index contributed by atoms with van der Waals surface area (Å²) in [7, 11) is 1.34. The number of hydrogen-bond donors (Lipinski definition) is 0. The summed E-state index contributed by atoms with van der Waals surface area (Å²) in [6, 6.07) is 5.16. The van der Waals surface area contributed by atoms with Gasteiger partial charge in [0.25, 0.3) is 9.05 Å². The van der Waals surface area contributed by atoms with E-state index in [-0.39, 0.29) is 4.90 Å². The van der Waals surface area contributed by atoms with Crippen molar-refractivity contribution < 1.29 is 18.0 Å². The Labute approximate surface area is 103 Å². The Morgan fingerprint density at radius 1 is 1.06 bits per heavy atom.